The van der Waals surface area contributed by atoms with Gasteiger partial charge < -0.3 is 5.32 Å². The van der Waals surface area contributed by atoms with Gasteiger partial charge in [0.25, 0.3) is 0 Å². The van der Waals surface area contributed by atoms with Crippen LogP contribution < -0.4 is 5.32 Å². The average Bonchev–Trinajstić information content (AvgIpc) is 3.20. The molecule has 4 rings (SSSR count). The first-order valence-electron chi connectivity index (χ1n) is 9.05. The predicted molar refractivity (Wildman–Crippen MR) is 87.8 cm³/mol. The van der Waals surface area contributed by atoms with Gasteiger partial charge in [-0.3, -0.25) is 9.69 Å². The van der Waals surface area contributed by atoms with E-state index in [4.69, 9.17) is 0 Å². The molecule has 136 valence electrons. The van der Waals surface area contributed by atoms with E-state index >= 15 is 0 Å². The van der Waals surface area contributed by atoms with Crippen molar-refractivity contribution in [3.63, 3.8) is 0 Å². The van der Waals surface area contributed by atoms with E-state index in [2.05, 4.69) is 10.2 Å². The van der Waals surface area contributed by atoms with Gasteiger partial charge in [-0.15, -0.1) is 0 Å². The monoisotopic (exact) mass is 352 g/mol. The summed E-state index contributed by atoms with van der Waals surface area (Å²) in [5.74, 6) is 0.496. The van der Waals surface area contributed by atoms with Crippen molar-refractivity contribution in [1.82, 2.24) is 10.2 Å². The summed E-state index contributed by atoms with van der Waals surface area (Å²) in [6.07, 6.45) is 2.07. The van der Waals surface area contributed by atoms with Crippen molar-refractivity contribution in [2.75, 3.05) is 19.6 Å². The van der Waals surface area contributed by atoms with Crippen molar-refractivity contribution in [3.8, 4) is 0 Å². The Balaban J connectivity index is 1.51. The van der Waals surface area contributed by atoms with Crippen LogP contribution in [0, 0.1) is 11.3 Å². The first kappa shape index (κ1) is 16.9. The van der Waals surface area contributed by atoms with Gasteiger partial charge in [0.1, 0.15) is 6.04 Å². The van der Waals surface area contributed by atoms with Crippen LogP contribution in [-0.2, 0) is 11.0 Å². The first-order chi connectivity index (χ1) is 11.9. The van der Waals surface area contributed by atoms with Gasteiger partial charge in [0.2, 0.25) is 5.91 Å². The van der Waals surface area contributed by atoms with Gasteiger partial charge in [0.05, 0.1) is 5.56 Å². The Morgan fingerprint density at radius 3 is 2.48 bits per heavy atom. The van der Waals surface area contributed by atoms with Gasteiger partial charge in [0, 0.05) is 19.6 Å². The number of alkyl halides is 3. The average molecular weight is 352 g/mol. The molecule has 1 aromatic rings. The fourth-order valence-electron chi connectivity index (χ4n) is 4.57. The molecular weight excluding hydrogens is 329 g/mol. The number of amides is 1. The summed E-state index contributed by atoms with van der Waals surface area (Å²) in [7, 11) is 0. The van der Waals surface area contributed by atoms with Crippen LogP contribution in [0.3, 0.4) is 0 Å². The number of piperazine rings is 1. The Hall–Kier alpha value is -1.56. The van der Waals surface area contributed by atoms with E-state index in [9.17, 15) is 18.0 Å². The van der Waals surface area contributed by atoms with Crippen LogP contribution in [0.15, 0.2) is 24.3 Å². The topological polar surface area (TPSA) is 32.3 Å². The highest BCUT2D eigenvalue weighted by Gasteiger charge is 2.48. The summed E-state index contributed by atoms with van der Waals surface area (Å²) in [6.45, 7) is 2.22. The third-order valence-electron chi connectivity index (χ3n) is 6.12. The minimum Gasteiger partial charge on any atom is -0.353 e. The van der Waals surface area contributed by atoms with E-state index in [0.717, 1.165) is 25.2 Å². The molecule has 1 spiro atoms. The molecule has 2 atom stereocenters. The third kappa shape index (κ3) is 3.41. The lowest BCUT2D eigenvalue weighted by Crippen LogP contribution is -2.51. The summed E-state index contributed by atoms with van der Waals surface area (Å²) in [4.78, 5) is 14.6. The fourth-order valence-corrected chi connectivity index (χ4v) is 4.57. The molecule has 0 aromatic heterocycles. The molecule has 0 radical (unpaired) electrons. The number of halogens is 3. The van der Waals surface area contributed by atoms with E-state index in [1.165, 1.54) is 44.2 Å². The quantitative estimate of drug-likeness (QED) is 0.898. The number of nitrogens with zero attached hydrogens (tertiary/aromatic N) is 1. The Morgan fingerprint density at radius 1 is 1.16 bits per heavy atom. The van der Waals surface area contributed by atoms with Gasteiger partial charge >= 0.3 is 6.18 Å². The minimum atomic E-state index is -4.35. The molecular formula is C19H23F3N2O. The Labute approximate surface area is 145 Å². The molecule has 1 heterocycles. The molecule has 3 nitrogen and oxygen atoms in total. The van der Waals surface area contributed by atoms with E-state index < -0.39 is 17.8 Å². The largest absolute Gasteiger partial charge is 0.416 e. The summed E-state index contributed by atoms with van der Waals surface area (Å²) in [5, 5.41) is 2.86. The lowest BCUT2D eigenvalue weighted by molar-refractivity contribution is -0.137. The Morgan fingerprint density at radius 2 is 1.88 bits per heavy atom. The smallest absolute Gasteiger partial charge is 0.353 e. The Bertz CT molecular complexity index is 652. The molecule has 3 fully saturated rings. The zero-order chi connectivity index (χ0) is 17.7. The first-order valence-corrected chi connectivity index (χ1v) is 9.05. The van der Waals surface area contributed by atoms with Crippen molar-refractivity contribution in [3.05, 3.63) is 35.4 Å². The van der Waals surface area contributed by atoms with E-state index in [-0.39, 0.29) is 5.91 Å². The summed E-state index contributed by atoms with van der Waals surface area (Å²) < 4.78 is 38.3. The SMILES string of the molecule is O=C1NCCN(CC2CCC3(CC3)C2)C1c1ccc(C(F)(F)F)cc1. The molecule has 2 aliphatic carbocycles. The maximum absolute atomic E-state index is 12.8. The van der Waals surface area contributed by atoms with E-state index in [0.29, 0.717) is 23.4 Å². The molecule has 3 aliphatic rings. The molecule has 25 heavy (non-hydrogen) atoms. The standard InChI is InChI=1S/C19H23F3N2O/c20-19(21,22)15-3-1-14(2-4-15)16-17(25)23-9-10-24(16)12-13-5-6-18(11-13)7-8-18/h1-4,13,16H,5-12H2,(H,23,25). The van der Waals surface area contributed by atoms with Gasteiger partial charge in [-0.2, -0.15) is 13.2 Å². The minimum absolute atomic E-state index is 0.106. The second kappa shape index (κ2) is 6.01. The number of hydrogen-bond acceptors (Lipinski definition) is 2. The number of carbonyl (C=O) groups excluding carboxylic acids is 1. The molecule has 1 amide bonds. The molecule has 1 saturated heterocycles. The van der Waals surface area contributed by atoms with Crippen molar-refractivity contribution < 1.29 is 18.0 Å². The molecule has 6 heteroatoms. The lowest BCUT2D eigenvalue weighted by Gasteiger charge is -2.37. The predicted octanol–water partition coefficient (Wildman–Crippen LogP) is 3.76. The molecule has 1 aromatic carbocycles. The molecule has 1 N–H and O–H groups in total. The number of rotatable bonds is 3. The van der Waals surface area contributed by atoms with Crippen LogP contribution in [0.2, 0.25) is 0 Å². The van der Waals surface area contributed by atoms with Crippen molar-refractivity contribution in [1.29, 1.82) is 0 Å². The van der Waals surface area contributed by atoms with Crippen LogP contribution in [0.1, 0.15) is 49.3 Å². The van der Waals surface area contributed by atoms with E-state index in [1.54, 1.807) is 0 Å². The van der Waals surface area contributed by atoms with E-state index in [1.807, 2.05) is 0 Å². The number of benzene rings is 1. The van der Waals surface area contributed by atoms with Crippen LogP contribution in [0.5, 0.6) is 0 Å². The highest BCUT2D eigenvalue weighted by atomic mass is 19.4. The van der Waals surface area contributed by atoms with Gasteiger partial charge in [-0.1, -0.05) is 12.1 Å². The highest BCUT2D eigenvalue weighted by Crippen LogP contribution is 2.59. The molecule has 2 unspecified atom stereocenters. The number of carbonyl (C=O) groups is 1. The normalized spacial score (nSPS) is 29.0. The zero-order valence-electron chi connectivity index (χ0n) is 14.1. The molecule has 1 aliphatic heterocycles. The van der Waals surface area contributed by atoms with Crippen LogP contribution in [0.25, 0.3) is 0 Å². The highest BCUT2D eigenvalue weighted by molar-refractivity contribution is 5.83. The van der Waals surface area contributed by atoms with Gasteiger partial charge in [-0.05, 0) is 61.1 Å². The third-order valence-corrected chi connectivity index (χ3v) is 6.12. The Kier molecular flexibility index (Phi) is 4.06. The number of hydrogen-bond donors (Lipinski definition) is 1. The molecule has 0 bridgehead atoms. The van der Waals surface area contributed by atoms with Gasteiger partial charge in [-0.25, -0.2) is 0 Å². The summed E-state index contributed by atoms with van der Waals surface area (Å²) >= 11 is 0. The van der Waals surface area contributed by atoms with Crippen molar-refractivity contribution in [2.24, 2.45) is 11.3 Å². The number of nitrogens with one attached hydrogen (secondary N) is 1. The molecule has 2 saturated carbocycles. The van der Waals surface area contributed by atoms with Crippen LogP contribution >= 0.6 is 0 Å². The zero-order valence-corrected chi connectivity index (χ0v) is 14.1. The second-order valence-electron chi connectivity index (χ2n) is 7.92. The van der Waals surface area contributed by atoms with Crippen molar-refractivity contribution >= 4 is 5.91 Å². The maximum Gasteiger partial charge on any atom is 0.416 e. The second-order valence-corrected chi connectivity index (χ2v) is 7.92. The maximum atomic E-state index is 12.8. The van der Waals surface area contributed by atoms with Crippen LogP contribution in [0.4, 0.5) is 13.2 Å². The van der Waals surface area contributed by atoms with Crippen LogP contribution in [-0.4, -0.2) is 30.4 Å². The summed E-state index contributed by atoms with van der Waals surface area (Å²) in [5.41, 5.74) is 0.557. The summed E-state index contributed by atoms with van der Waals surface area (Å²) in [6, 6.07) is 4.56. The van der Waals surface area contributed by atoms with Gasteiger partial charge in [0.15, 0.2) is 0 Å². The fraction of sp³-hybridized carbons (Fsp3) is 0.632. The lowest BCUT2D eigenvalue weighted by atomic mass is 9.97. The van der Waals surface area contributed by atoms with Crippen molar-refractivity contribution in [2.45, 2.75) is 44.3 Å².